The molecule has 0 heterocycles. The Morgan fingerprint density at radius 2 is 2.33 bits per heavy atom. The van der Waals surface area contributed by atoms with Gasteiger partial charge in [-0.05, 0) is 24.6 Å². The summed E-state index contributed by atoms with van der Waals surface area (Å²) in [5.74, 6) is -0.487. The van der Waals surface area contributed by atoms with Gasteiger partial charge in [0.25, 0.3) is 5.91 Å². The molecule has 0 fully saturated rings. The number of benzene rings is 1. The van der Waals surface area contributed by atoms with Crippen LogP contribution in [0.4, 0.5) is 5.69 Å². The number of aliphatic hydroxyl groups is 1. The molecule has 1 unspecified atom stereocenters. The lowest BCUT2D eigenvalue weighted by molar-refractivity contribution is -0.123. The third-order valence-electron chi connectivity index (χ3n) is 1.98. The number of nitrogens with two attached hydrogens (primary N) is 1. The van der Waals surface area contributed by atoms with Gasteiger partial charge in [0.15, 0.2) is 0 Å². The fourth-order valence-corrected chi connectivity index (χ4v) is 1.41. The lowest BCUT2D eigenvalue weighted by atomic mass is 10.2. The predicted molar refractivity (Wildman–Crippen MR) is 62.6 cm³/mol. The number of amides is 1. The van der Waals surface area contributed by atoms with Crippen molar-refractivity contribution in [3.05, 3.63) is 28.2 Å². The number of nitrogens with one attached hydrogen (secondary N) is 1. The van der Waals surface area contributed by atoms with Gasteiger partial charge in [-0.1, -0.05) is 22.0 Å². The molecule has 0 spiro atoms. The molecule has 15 heavy (non-hydrogen) atoms. The molecule has 0 aliphatic heterocycles. The smallest absolute Gasteiger partial charge is 0.254 e. The Morgan fingerprint density at radius 1 is 1.67 bits per heavy atom. The number of rotatable bonds is 3. The summed E-state index contributed by atoms with van der Waals surface area (Å²) in [5.41, 5.74) is 6.77. The Morgan fingerprint density at radius 3 is 2.93 bits per heavy atom. The lowest BCUT2D eigenvalue weighted by Crippen LogP contribution is -2.34. The van der Waals surface area contributed by atoms with E-state index >= 15 is 0 Å². The van der Waals surface area contributed by atoms with Crippen LogP contribution in [-0.2, 0) is 4.79 Å². The zero-order valence-electron chi connectivity index (χ0n) is 8.33. The molecule has 0 bridgehead atoms. The molecule has 1 atom stereocenters. The van der Waals surface area contributed by atoms with Crippen LogP contribution >= 0.6 is 15.9 Å². The first-order valence-electron chi connectivity index (χ1n) is 4.49. The Balaban J connectivity index is 2.80. The molecule has 1 amide bonds. The van der Waals surface area contributed by atoms with Crippen LogP contribution in [-0.4, -0.2) is 23.7 Å². The van der Waals surface area contributed by atoms with Crippen LogP contribution in [0.5, 0.6) is 0 Å². The number of halogens is 1. The fraction of sp³-hybridized carbons (Fsp3) is 0.300. The Hall–Kier alpha value is -0.910. The van der Waals surface area contributed by atoms with Gasteiger partial charge < -0.3 is 16.2 Å². The standard InChI is InChI=1S/C10H13BrN2O2/c1-6-2-3-7(11)4-8(6)13-10(15)9(14)5-12/h2-4,9,14H,5,12H2,1H3,(H,13,15). The number of hydrogen-bond donors (Lipinski definition) is 3. The van der Waals surface area contributed by atoms with E-state index in [1.54, 1.807) is 6.07 Å². The van der Waals surface area contributed by atoms with E-state index in [4.69, 9.17) is 5.73 Å². The molecule has 4 N–H and O–H groups in total. The van der Waals surface area contributed by atoms with E-state index in [0.717, 1.165) is 10.0 Å². The summed E-state index contributed by atoms with van der Waals surface area (Å²) in [4.78, 5) is 11.4. The summed E-state index contributed by atoms with van der Waals surface area (Å²) in [6.45, 7) is 1.79. The highest BCUT2D eigenvalue weighted by Crippen LogP contribution is 2.20. The van der Waals surface area contributed by atoms with Crippen molar-refractivity contribution >= 4 is 27.5 Å². The number of hydrogen-bond acceptors (Lipinski definition) is 3. The van der Waals surface area contributed by atoms with E-state index in [-0.39, 0.29) is 6.54 Å². The summed E-state index contributed by atoms with van der Waals surface area (Å²) in [5, 5.41) is 11.8. The minimum Gasteiger partial charge on any atom is -0.382 e. The third-order valence-corrected chi connectivity index (χ3v) is 2.48. The normalized spacial score (nSPS) is 12.3. The molecule has 5 heteroatoms. The topological polar surface area (TPSA) is 75.3 Å². The summed E-state index contributed by atoms with van der Waals surface area (Å²) in [7, 11) is 0. The average molecular weight is 273 g/mol. The maximum absolute atomic E-state index is 11.4. The fourth-order valence-electron chi connectivity index (χ4n) is 1.05. The Bertz CT molecular complexity index is 368. The largest absolute Gasteiger partial charge is 0.382 e. The van der Waals surface area contributed by atoms with E-state index in [1.807, 2.05) is 19.1 Å². The molecule has 0 radical (unpaired) electrons. The van der Waals surface area contributed by atoms with Crippen molar-refractivity contribution in [2.24, 2.45) is 5.73 Å². The first-order valence-corrected chi connectivity index (χ1v) is 5.29. The second kappa shape index (κ2) is 5.25. The SMILES string of the molecule is Cc1ccc(Br)cc1NC(=O)C(O)CN. The third kappa shape index (κ3) is 3.30. The highest BCUT2D eigenvalue weighted by atomic mass is 79.9. The van der Waals surface area contributed by atoms with Crippen LogP contribution in [0.3, 0.4) is 0 Å². The van der Waals surface area contributed by atoms with Crippen molar-refractivity contribution in [3.8, 4) is 0 Å². The molecular formula is C10H13BrN2O2. The van der Waals surface area contributed by atoms with E-state index in [2.05, 4.69) is 21.2 Å². The van der Waals surface area contributed by atoms with Gasteiger partial charge in [-0.2, -0.15) is 0 Å². The minimum absolute atomic E-state index is 0.0844. The first kappa shape index (κ1) is 12.2. The molecule has 1 rings (SSSR count). The lowest BCUT2D eigenvalue weighted by Gasteiger charge is -2.11. The van der Waals surface area contributed by atoms with Crippen LogP contribution in [0.1, 0.15) is 5.56 Å². The zero-order valence-corrected chi connectivity index (χ0v) is 9.91. The minimum atomic E-state index is -1.16. The van der Waals surface area contributed by atoms with Gasteiger partial charge >= 0.3 is 0 Å². The number of aliphatic hydroxyl groups excluding tert-OH is 1. The summed E-state index contributed by atoms with van der Waals surface area (Å²) in [6.07, 6.45) is -1.16. The highest BCUT2D eigenvalue weighted by molar-refractivity contribution is 9.10. The van der Waals surface area contributed by atoms with Gasteiger partial charge in [0.1, 0.15) is 6.10 Å². The van der Waals surface area contributed by atoms with E-state index in [1.165, 1.54) is 0 Å². The van der Waals surface area contributed by atoms with Gasteiger partial charge in [0, 0.05) is 16.7 Å². The van der Waals surface area contributed by atoms with Crippen molar-refractivity contribution in [2.75, 3.05) is 11.9 Å². The summed E-state index contributed by atoms with van der Waals surface area (Å²) in [6, 6.07) is 5.52. The second-order valence-electron chi connectivity index (χ2n) is 3.20. The zero-order chi connectivity index (χ0) is 11.4. The van der Waals surface area contributed by atoms with Crippen molar-refractivity contribution in [1.29, 1.82) is 0 Å². The van der Waals surface area contributed by atoms with Crippen molar-refractivity contribution in [2.45, 2.75) is 13.0 Å². The Labute approximate surface area is 96.6 Å². The molecular weight excluding hydrogens is 260 g/mol. The monoisotopic (exact) mass is 272 g/mol. The molecule has 1 aromatic carbocycles. The molecule has 0 aliphatic carbocycles. The molecule has 1 aromatic rings. The maximum atomic E-state index is 11.4. The van der Waals surface area contributed by atoms with Gasteiger partial charge in [-0.25, -0.2) is 0 Å². The van der Waals surface area contributed by atoms with Gasteiger partial charge in [-0.15, -0.1) is 0 Å². The summed E-state index contributed by atoms with van der Waals surface area (Å²) < 4.78 is 0.866. The van der Waals surface area contributed by atoms with Gasteiger partial charge in [0.2, 0.25) is 0 Å². The van der Waals surface area contributed by atoms with Gasteiger partial charge in [0.05, 0.1) is 0 Å². The second-order valence-corrected chi connectivity index (χ2v) is 4.12. The van der Waals surface area contributed by atoms with Crippen LogP contribution in [0, 0.1) is 6.92 Å². The van der Waals surface area contributed by atoms with Gasteiger partial charge in [-0.3, -0.25) is 4.79 Å². The van der Waals surface area contributed by atoms with Crippen LogP contribution in [0.15, 0.2) is 22.7 Å². The number of carbonyl (C=O) groups is 1. The quantitative estimate of drug-likeness (QED) is 0.769. The van der Waals surface area contributed by atoms with E-state index in [0.29, 0.717) is 5.69 Å². The molecule has 0 aromatic heterocycles. The summed E-state index contributed by atoms with van der Waals surface area (Å²) >= 11 is 3.30. The van der Waals surface area contributed by atoms with Crippen molar-refractivity contribution in [1.82, 2.24) is 0 Å². The number of carbonyl (C=O) groups excluding carboxylic acids is 1. The highest BCUT2D eigenvalue weighted by Gasteiger charge is 2.13. The van der Waals surface area contributed by atoms with Crippen LogP contribution < -0.4 is 11.1 Å². The van der Waals surface area contributed by atoms with Crippen LogP contribution in [0.2, 0.25) is 0 Å². The van der Waals surface area contributed by atoms with E-state index < -0.39 is 12.0 Å². The van der Waals surface area contributed by atoms with E-state index in [9.17, 15) is 9.90 Å². The molecule has 4 nitrogen and oxygen atoms in total. The average Bonchev–Trinajstić information content (AvgIpc) is 2.22. The predicted octanol–water partition coefficient (Wildman–Crippen LogP) is 1.02. The molecule has 0 saturated carbocycles. The maximum Gasteiger partial charge on any atom is 0.254 e. The Kier molecular flexibility index (Phi) is 4.26. The number of aryl methyl sites for hydroxylation is 1. The number of anilines is 1. The molecule has 0 saturated heterocycles. The molecule has 0 aliphatic rings. The first-order chi connectivity index (χ1) is 7.04. The molecule has 82 valence electrons. The van der Waals surface area contributed by atoms with Crippen LogP contribution in [0.25, 0.3) is 0 Å². The van der Waals surface area contributed by atoms with Crippen molar-refractivity contribution < 1.29 is 9.90 Å². The van der Waals surface area contributed by atoms with Crippen molar-refractivity contribution in [3.63, 3.8) is 0 Å².